The number of hydrogen-bond donors (Lipinski definition) is 0. The summed E-state index contributed by atoms with van der Waals surface area (Å²) >= 11 is 0. The Bertz CT molecular complexity index is 2770. The van der Waals surface area contributed by atoms with Gasteiger partial charge in [-0.3, -0.25) is 4.79 Å². The van der Waals surface area contributed by atoms with Crippen LogP contribution in [-0.4, -0.2) is 5.78 Å². The van der Waals surface area contributed by atoms with Crippen molar-refractivity contribution in [3.8, 4) is 44.5 Å². The van der Waals surface area contributed by atoms with E-state index in [4.69, 9.17) is 0 Å². The van der Waals surface area contributed by atoms with Crippen molar-refractivity contribution >= 4 is 5.78 Å². The fourth-order valence-electron chi connectivity index (χ4n) is 9.75. The number of carbonyl (C=O) groups is 1. The third-order valence-electron chi connectivity index (χ3n) is 12.0. The van der Waals surface area contributed by atoms with E-state index in [-0.39, 0.29) is 5.78 Å². The van der Waals surface area contributed by atoms with Crippen LogP contribution < -0.4 is 0 Å². The van der Waals surface area contributed by atoms with Crippen LogP contribution in [0.2, 0.25) is 0 Å². The summed E-state index contributed by atoms with van der Waals surface area (Å²) < 4.78 is 0. The zero-order valence-corrected chi connectivity index (χ0v) is 29.1. The van der Waals surface area contributed by atoms with E-state index in [1.165, 1.54) is 77.9 Å². The summed E-state index contributed by atoms with van der Waals surface area (Å²) in [5.41, 5.74) is 21.0. The lowest BCUT2D eigenvalue weighted by Crippen LogP contribution is -2.25. The van der Waals surface area contributed by atoms with E-state index in [1.54, 1.807) is 0 Å². The van der Waals surface area contributed by atoms with Gasteiger partial charge in [-0.25, -0.2) is 0 Å². The smallest absolute Gasteiger partial charge is 0.193 e. The van der Waals surface area contributed by atoms with Crippen molar-refractivity contribution in [2.24, 2.45) is 0 Å². The number of fused-ring (bicyclic) bond motifs is 16. The summed E-state index contributed by atoms with van der Waals surface area (Å²) in [7, 11) is 0. The quantitative estimate of drug-likeness (QED) is 0.167. The first kappa shape index (κ1) is 30.1. The molecule has 0 saturated heterocycles. The molecule has 0 atom stereocenters. The fourth-order valence-corrected chi connectivity index (χ4v) is 9.75. The van der Waals surface area contributed by atoms with Crippen LogP contribution in [0, 0.1) is 0 Å². The minimum absolute atomic E-state index is 0.0431. The molecule has 248 valence electrons. The molecule has 3 aliphatic rings. The second kappa shape index (κ2) is 11.5. The van der Waals surface area contributed by atoms with E-state index in [0.717, 1.165) is 24.0 Å². The molecule has 1 nitrogen and oxygen atoms in total. The second-order valence-corrected chi connectivity index (χ2v) is 14.7. The average Bonchev–Trinajstić information content (AvgIpc) is 3.68. The number of hydrogen-bond acceptors (Lipinski definition) is 1. The highest BCUT2D eigenvalue weighted by atomic mass is 16.1. The predicted octanol–water partition coefficient (Wildman–Crippen LogP) is 12.1. The van der Waals surface area contributed by atoms with Crippen molar-refractivity contribution in [1.29, 1.82) is 0 Å². The van der Waals surface area contributed by atoms with Crippen molar-refractivity contribution in [1.82, 2.24) is 0 Å². The standard InChI is InChI=1S/C52H34O/c53-51(37-26-25-36-30-34-14-2-5-17-40(34)39-16-4-1-13-33(39)29-35-15-3-6-18-41(35)45(36)31-37)38-27-28-50-46(32-38)44-21-9-12-24-49(44)52(50)47-22-10-7-19-42(47)43-20-8-11-23-48(43)52/h1-28,31-32H,29-30H2. The van der Waals surface area contributed by atoms with Gasteiger partial charge in [0.1, 0.15) is 0 Å². The van der Waals surface area contributed by atoms with Gasteiger partial charge in [0.2, 0.25) is 0 Å². The second-order valence-electron chi connectivity index (χ2n) is 14.7. The van der Waals surface area contributed by atoms with Crippen LogP contribution in [-0.2, 0) is 18.3 Å². The predicted molar refractivity (Wildman–Crippen MR) is 216 cm³/mol. The summed E-state index contributed by atoms with van der Waals surface area (Å²) in [5, 5.41) is 0. The van der Waals surface area contributed by atoms with Crippen LogP contribution in [0.1, 0.15) is 60.4 Å². The first-order valence-electron chi connectivity index (χ1n) is 18.6. The lowest BCUT2D eigenvalue weighted by Gasteiger charge is -2.30. The average molecular weight is 675 g/mol. The minimum Gasteiger partial charge on any atom is -0.289 e. The van der Waals surface area contributed by atoms with Crippen molar-refractivity contribution < 1.29 is 4.79 Å². The van der Waals surface area contributed by atoms with Crippen molar-refractivity contribution in [3.05, 3.63) is 238 Å². The normalized spacial score (nSPS) is 13.7. The highest BCUT2D eigenvalue weighted by Crippen LogP contribution is 2.62. The molecule has 0 unspecified atom stereocenters. The maximum atomic E-state index is 14.7. The Morgan fingerprint density at radius 3 is 1.17 bits per heavy atom. The Kier molecular flexibility index (Phi) is 6.51. The highest BCUT2D eigenvalue weighted by Gasteiger charge is 2.51. The SMILES string of the molecule is O=C(c1ccc2c(c1)-c1ccccc1Cc1ccccc1-c1ccccc1C2)c1ccc2c(c1)-c1ccccc1C21c2ccccc2-c2ccccc21. The van der Waals surface area contributed by atoms with Crippen LogP contribution in [0.15, 0.2) is 182 Å². The molecule has 0 saturated carbocycles. The van der Waals surface area contributed by atoms with E-state index in [1.807, 2.05) is 6.07 Å². The number of carbonyl (C=O) groups excluding carboxylic acids is 1. The third kappa shape index (κ3) is 4.28. The maximum Gasteiger partial charge on any atom is 0.193 e. The molecule has 0 heterocycles. The third-order valence-corrected chi connectivity index (χ3v) is 12.0. The molecule has 0 radical (unpaired) electrons. The Balaban J connectivity index is 1.06. The Morgan fingerprint density at radius 1 is 0.321 bits per heavy atom. The first-order valence-corrected chi connectivity index (χ1v) is 18.6. The molecular weight excluding hydrogens is 641 g/mol. The van der Waals surface area contributed by atoms with Crippen LogP contribution in [0.4, 0.5) is 0 Å². The van der Waals surface area contributed by atoms with Gasteiger partial charge in [-0.15, -0.1) is 0 Å². The zero-order chi connectivity index (χ0) is 35.1. The summed E-state index contributed by atoms with van der Waals surface area (Å²) in [5.74, 6) is 0.0431. The molecule has 1 spiro atoms. The summed E-state index contributed by atoms with van der Waals surface area (Å²) in [4.78, 5) is 14.7. The van der Waals surface area contributed by atoms with Gasteiger partial charge in [0.05, 0.1) is 5.41 Å². The molecule has 0 aromatic heterocycles. The topological polar surface area (TPSA) is 17.1 Å². The van der Waals surface area contributed by atoms with E-state index in [9.17, 15) is 4.79 Å². The Hall–Kier alpha value is -6.57. The summed E-state index contributed by atoms with van der Waals surface area (Å²) in [6.07, 6.45) is 1.60. The molecule has 53 heavy (non-hydrogen) atoms. The molecular formula is C52H34O. The van der Waals surface area contributed by atoms with Crippen molar-refractivity contribution in [2.45, 2.75) is 18.3 Å². The molecule has 11 rings (SSSR count). The van der Waals surface area contributed by atoms with Gasteiger partial charge >= 0.3 is 0 Å². The molecule has 0 aliphatic heterocycles. The number of benzene rings is 8. The zero-order valence-electron chi connectivity index (χ0n) is 29.1. The molecule has 0 bridgehead atoms. The molecule has 3 aliphatic carbocycles. The first-order chi connectivity index (χ1) is 26.2. The summed E-state index contributed by atoms with van der Waals surface area (Å²) in [6, 6.07) is 65.6. The number of rotatable bonds is 2. The van der Waals surface area contributed by atoms with Gasteiger partial charge in [0.15, 0.2) is 5.78 Å². The van der Waals surface area contributed by atoms with Crippen LogP contribution in [0.3, 0.4) is 0 Å². The Labute approximate surface area is 309 Å². The van der Waals surface area contributed by atoms with Gasteiger partial charge in [0, 0.05) is 11.1 Å². The largest absolute Gasteiger partial charge is 0.289 e. The molecule has 0 fully saturated rings. The maximum absolute atomic E-state index is 14.7. The fraction of sp³-hybridized carbons (Fsp3) is 0.0577. The van der Waals surface area contributed by atoms with E-state index >= 15 is 0 Å². The monoisotopic (exact) mass is 674 g/mol. The molecule has 0 N–H and O–H groups in total. The molecule has 8 aromatic rings. The lowest BCUT2D eigenvalue weighted by molar-refractivity contribution is 0.103. The van der Waals surface area contributed by atoms with Crippen molar-refractivity contribution in [3.63, 3.8) is 0 Å². The summed E-state index contributed by atoms with van der Waals surface area (Å²) in [6.45, 7) is 0. The van der Waals surface area contributed by atoms with Gasteiger partial charge in [0.25, 0.3) is 0 Å². The van der Waals surface area contributed by atoms with Gasteiger partial charge in [-0.1, -0.05) is 170 Å². The van der Waals surface area contributed by atoms with E-state index in [0.29, 0.717) is 11.1 Å². The minimum atomic E-state index is -0.418. The van der Waals surface area contributed by atoms with E-state index in [2.05, 4.69) is 176 Å². The highest BCUT2D eigenvalue weighted by molar-refractivity contribution is 6.11. The van der Waals surface area contributed by atoms with Gasteiger partial charge in [-0.2, -0.15) is 0 Å². The van der Waals surface area contributed by atoms with Crippen LogP contribution in [0.5, 0.6) is 0 Å². The van der Waals surface area contributed by atoms with Crippen molar-refractivity contribution in [2.75, 3.05) is 0 Å². The molecule has 8 aromatic carbocycles. The lowest BCUT2D eigenvalue weighted by atomic mass is 9.70. The van der Waals surface area contributed by atoms with E-state index < -0.39 is 5.41 Å². The van der Waals surface area contributed by atoms with Crippen LogP contribution >= 0.6 is 0 Å². The van der Waals surface area contributed by atoms with Gasteiger partial charge < -0.3 is 0 Å². The van der Waals surface area contributed by atoms with Gasteiger partial charge in [-0.05, 0) is 114 Å². The molecule has 0 amide bonds. The number of ketones is 1. The Morgan fingerprint density at radius 2 is 0.660 bits per heavy atom. The molecule has 1 heteroatoms. The van der Waals surface area contributed by atoms with Crippen LogP contribution in [0.25, 0.3) is 44.5 Å².